The fraction of sp³-hybridized carbons (Fsp3) is 0.316. The highest BCUT2D eigenvalue weighted by Crippen LogP contribution is 2.32. The second-order valence-electron chi connectivity index (χ2n) is 6.84. The monoisotopic (exact) mass is 389 g/mol. The number of fused-ring (bicyclic) bond motifs is 1. The molecule has 1 aliphatic rings. The van der Waals surface area contributed by atoms with Gasteiger partial charge in [-0.25, -0.2) is 8.78 Å². The lowest BCUT2D eigenvalue weighted by molar-refractivity contribution is 0.153. The highest BCUT2D eigenvalue weighted by Gasteiger charge is 2.26. The van der Waals surface area contributed by atoms with Crippen LogP contribution in [0.2, 0.25) is 5.02 Å². The van der Waals surface area contributed by atoms with Crippen LogP contribution in [-0.2, 0) is 0 Å². The van der Waals surface area contributed by atoms with E-state index in [1.807, 2.05) is 11.9 Å². The van der Waals surface area contributed by atoms with E-state index in [1.54, 1.807) is 30.6 Å². The van der Waals surface area contributed by atoms with Crippen molar-refractivity contribution >= 4 is 28.2 Å². The molecular formula is C19H18ClF2N5. The Balaban J connectivity index is 1.74. The number of halogens is 3. The van der Waals surface area contributed by atoms with Gasteiger partial charge >= 0.3 is 0 Å². The van der Waals surface area contributed by atoms with Gasteiger partial charge < -0.3 is 10.2 Å². The van der Waals surface area contributed by atoms with Gasteiger partial charge in [-0.3, -0.25) is 4.98 Å². The van der Waals surface area contributed by atoms with Gasteiger partial charge in [0, 0.05) is 59.3 Å². The van der Waals surface area contributed by atoms with Gasteiger partial charge in [0.1, 0.15) is 17.7 Å². The molecule has 3 aromatic rings. The molecule has 1 fully saturated rings. The standard InChI is InChI=1S/C19H18ClF2N5/c1-27-9-12(21)7-13(10-27)24-19-14-4-5-23-8-16(14)18(25-26-19)15-3-2-11(20)6-17(15)22/h2-6,8,12-13H,7,9-10H2,1H3,(H,24,26)/t12-,13-/m1/s1. The summed E-state index contributed by atoms with van der Waals surface area (Å²) in [5.74, 6) is 0.0647. The Morgan fingerprint density at radius 2 is 2.04 bits per heavy atom. The number of pyridine rings is 1. The molecule has 0 bridgehead atoms. The van der Waals surface area contributed by atoms with Crippen LogP contribution in [0.15, 0.2) is 36.7 Å². The van der Waals surface area contributed by atoms with E-state index in [-0.39, 0.29) is 6.04 Å². The van der Waals surface area contributed by atoms with Crippen molar-refractivity contribution in [3.63, 3.8) is 0 Å². The van der Waals surface area contributed by atoms with Gasteiger partial charge in [0.25, 0.3) is 0 Å². The molecular weight excluding hydrogens is 372 g/mol. The summed E-state index contributed by atoms with van der Waals surface area (Å²) < 4.78 is 28.3. The number of nitrogens with one attached hydrogen (secondary N) is 1. The molecule has 1 aromatic carbocycles. The average Bonchev–Trinajstić information content (AvgIpc) is 2.62. The first kappa shape index (κ1) is 18.0. The van der Waals surface area contributed by atoms with E-state index in [0.717, 1.165) is 5.39 Å². The molecule has 0 saturated carbocycles. The molecule has 27 heavy (non-hydrogen) atoms. The SMILES string of the molecule is CN1C[C@H](F)C[C@@H](Nc2nnc(-c3ccc(Cl)cc3F)c3cnccc23)C1. The largest absolute Gasteiger partial charge is 0.364 e. The average molecular weight is 390 g/mol. The summed E-state index contributed by atoms with van der Waals surface area (Å²) in [6, 6.07) is 6.14. The molecule has 2 atom stereocenters. The lowest BCUT2D eigenvalue weighted by Crippen LogP contribution is -2.45. The van der Waals surface area contributed by atoms with Crippen molar-refractivity contribution in [2.24, 2.45) is 0 Å². The van der Waals surface area contributed by atoms with Crippen LogP contribution in [0.25, 0.3) is 22.0 Å². The summed E-state index contributed by atoms with van der Waals surface area (Å²) in [5, 5.41) is 13.5. The first-order valence-electron chi connectivity index (χ1n) is 8.66. The van der Waals surface area contributed by atoms with Gasteiger partial charge in [-0.2, -0.15) is 0 Å². The number of hydrogen-bond acceptors (Lipinski definition) is 5. The minimum Gasteiger partial charge on any atom is -0.364 e. The Hall–Kier alpha value is -2.38. The van der Waals surface area contributed by atoms with Crippen molar-refractivity contribution in [2.75, 3.05) is 25.5 Å². The molecule has 1 aliphatic heterocycles. The highest BCUT2D eigenvalue weighted by atomic mass is 35.5. The van der Waals surface area contributed by atoms with Crippen LogP contribution in [0.4, 0.5) is 14.6 Å². The van der Waals surface area contributed by atoms with Crippen molar-refractivity contribution in [1.82, 2.24) is 20.1 Å². The van der Waals surface area contributed by atoms with Crippen LogP contribution in [0, 0.1) is 5.82 Å². The van der Waals surface area contributed by atoms with Gasteiger partial charge in [-0.1, -0.05) is 11.6 Å². The van der Waals surface area contributed by atoms with Crippen LogP contribution in [-0.4, -0.2) is 52.4 Å². The van der Waals surface area contributed by atoms with Crippen molar-refractivity contribution in [3.8, 4) is 11.3 Å². The van der Waals surface area contributed by atoms with E-state index in [1.165, 1.54) is 6.07 Å². The number of rotatable bonds is 3. The van der Waals surface area contributed by atoms with Crippen molar-refractivity contribution in [1.29, 1.82) is 0 Å². The molecule has 2 aromatic heterocycles. The first-order valence-corrected chi connectivity index (χ1v) is 9.04. The zero-order valence-electron chi connectivity index (χ0n) is 14.7. The molecule has 0 unspecified atom stereocenters. The molecule has 0 spiro atoms. The Morgan fingerprint density at radius 1 is 1.19 bits per heavy atom. The predicted molar refractivity (Wildman–Crippen MR) is 102 cm³/mol. The molecule has 0 aliphatic carbocycles. The number of piperidine rings is 1. The minimum atomic E-state index is -0.885. The summed E-state index contributed by atoms with van der Waals surface area (Å²) in [7, 11) is 1.89. The number of likely N-dealkylation sites (tertiary alicyclic amines) is 1. The lowest BCUT2D eigenvalue weighted by atomic mass is 10.0. The molecule has 0 amide bonds. The van der Waals surface area contributed by atoms with Gasteiger partial charge in [0.15, 0.2) is 5.82 Å². The first-order chi connectivity index (χ1) is 13.0. The van der Waals surface area contributed by atoms with E-state index >= 15 is 0 Å². The zero-order valence-corrected chi connectivity index (χ0v) is 15.4. The van der Waals surface area contributed by atoms with Gasteiger partial charge in [0.05, 0.1) is 0 Å². The molecule has 0 radical (unpaired) electrons. The topological polar surface area (TPSA) is 53.9 Å². The van der Waals surface area contributed by atoms with Gasteiger partial charge in [0.2, 0.25) is 0 Å². The summed E-state index contributed by atoms with van der Waals surface area (Å²) in [5.41, 5.74) is 0.694. The maximum Gasteiger partial charge on any atom is 0.156 e. The third-order valence-electron chi connectivity index (χ3n) is 4.69. The Morgan fingerprint density at radius 3 is 2.81 bits per heavy atom. The second-order valence-corrected chi connectivity index (χ2v) is 7.27. The molecule has 4 rings (SSSR count). The quantitative estimate of drug-likeness (QED) is 0.735. The van der Waals surface area contributed by atoms with Crippen LogP contribution < -0.4 is 5.32 Å². The molecule has 5 nitrogen and oxygen atoms in total. The number of benzene rings is 1. The van der Waals surface area contributed by atoms with Crippen molar-refractivity contribution < 1.29 is 8.78 Å². The van der Waals surface area contributed by atoms with Gasteiger partial charge in [-0.05, 0) is 31.3 Å². The second kappa shape index (κ2) is 7.32. The van der Waals surface area contributed by atoms with Crippen molar-refractivity contribution in [3.05, 3.63) is 47.5 Å². The summed E-state index contributed by atoms with van der Waals surface area (Å²) in [6.07, 6.45) is 2.79. The third kappa shape index (κ3) is 3.70. The van der Waals surface area contributed by atoms with Crippen LogP contribution in [0.1, 0.15) is 6.42 Å². The van der Waals surface area contributed by atoms with Crippen LogP contribution in [0.5, 0.6) is 0 Å². The number of anilines is 1. The minimum absolute atomic E-state index is 0.0810. The number of aromatic nitrogens is 3. The normalized spacial score (nSPS) is 20.7. The smallest absolute Gasteiger partial charge is 0.156 e. The Kier molecular flexibility index (Phi) is 4.88. The van der Waals surface area contributed by atoms with Gasteiger partial charge in [-0.15, -0.1) is 10.2 Å². The zero-order chi connectivity index (χ0) is 19.0. The summed E-state index contributed by atoms with van der Waals surface area (Å²) in [6.45, 7) is 1.14. The maximum atomic E-state index is 14.4. The Labute approximate surface area is 160 Å². The molecule has 1 N–H and O–H groups in total. The van der Waals surface area contributed by atoms with E-state index < -0.39 is 12.0 Å². The predicted octanol–water partition coefficient (Wildman–Crippen LogP) is 3.94. The molecule has 8 heteroatoms. The number of alkyl halides is 1. The maximum absolute atomic E-state index is 14.4. The van der Waals surface area contributed by atoms with E-state index in [9.17, 15) is 8.78 Å². The number of likely N-dealkylation sites (N-methyl/N-ethyl adjacent to an activating group) is 1. The van der Waals surface area contributed by atoms with Crippen LogP contribution >= 0.6 is 11.6 Å². The third-order valence-corrected chi connectivity index (χ3v) is 4.93. The summed E-state index contributed by atoms with van der Waals surface area (Å²) >= 11 is 5.85. The van der Waals surface area contributed by atoms with E-state index in [2.05, 4.69) is 20.5 Å². The van der Waals surface area contributed by atoms with E-state index in [4.69, 9.17) is 11.6 Å². The summed E-state index contributed by atoms with van der Waals surface area (Å²) in [4.78, 5) is 6.09. The highest BCUT2D eigenvalue weighted by molar-refractivity contribution is 6.30. The fourth-order valence-electron chi connectivity index (χ4n) is 3.53. The number of nitrogens with zero attached hydrogens (tertiary/aromatic N) is 4. The molecule has 3 heterocycles. The fourth-order valence-corrected chi connectivity index (χ4v) is 3.69. The number of hydrogen-bond donors (Lipinski definition) is 1. The Bertz CT molecular complexity index is 973. The van der Waals surface area contributed by atoms with E-state index in [0.29, 0.717) is 47.0 Å². The van der Waals surface area contributed by atoms with Crippen molar-refractivity contribution in [2.45, 2.75) is 18.6 Å². The molecule has 1 saturated heterocycles. The van der Waals surface area contributed by atoms with Crippen LogP contribution in [0.3, 0.4) is 0 Å². The molecule has 140 valence electrons. The lowest BCUT2D eigenvalue weighted by Gasteiger charge is -2.32.